The summed E-state index contributed by atoms with van der Waals surface area (Å²) < 4.78 is 46.6. The van der Waals surface area contributed by atoms with Gasteiger partial charge in [-0.15, -0.1) is 18.3 Å². The van der Waals surface area contributed by atoms with Crippen molar-refractivity contribution >= 4 is 0 Å². The SMILES string of the molecule is CCc1oc(-c2cccc(OC(F)(F)F)c2)nc1-c1n[nH]nc1C#N. The highest BCUT2D eigenvalue weighted by atomic mass is 19.4. The molecule has 0 saturated carbocycles. The molecule has 10 heteroatoms. The summed E-state index contributed by atoms with van der Waals surface area (Å²) in [5.74, 6) is 0.135. The fourth-order valence-electron chi connectivity index (χ4n) is 2.20. The molecular weight excluding hydrogens is 339 g/mol. The fraction of sp³-hybridized carbons (Fsp3) is 0.200. The molecule has 0 aliphatic carbocycles. The van der Waals surface area contributed by atoms with E-state index < -0.39 is 6.36 Å². The van der Waals surface area contributed by atoms with Gasteiger partial charge >= 0.3 is 6.36 Å². The fourth-order valence-corrected chi connectivity index (χ4v) is 2.20. The Morgan fingerprint density at radius 3 is 2.76 bits per heavy atom. The summed E-state index contributed by atoms with van der Waals surface area (Å²) in [6.07, 6.45) is -4.35. The highest BCUT2D eigenvalue weighted by Crippen LogP contribution is 2.32. The Bertz CT molecular complexity index is 939. The molecule has 0 aliphatic heterocycles. The lowest BCUT2D eigenvalue weighted by atomic mass is 10.2. The van der Waals surface area contributed by atoms with Crippen LogP contribution in [0.1, 0.15) is 18.4 Å². The van der Waals surface area contributed by atoms with Gasteiger partial charge in [0.25, 0.3) is 0 Å². The van der Waals surface area contributed by atoms with E-state index in [4.69, 9.17) is 9.68 Å². The molecule has 0 bridgehead atoms. The van der Waals surface area contributed by atoms with Gasteiger partial charge in [-0.1, -0.05) is 13.0 Å². The maximum absolute atomic E-state index is 12.4. The Morgan fingerprint density at radius 2 is 2.08 bits per heavy atom. The minimum atomic E-state index is -4.79. The third kappa shape index (κ3) is 3.45. The minimum Gasteiger partial charge on any atom is -0.440 e. The largest absolute Gasteiger partial charge is 0.573 e. The number of ether oxygens (including phenoxy) is 1. The summed E-state index contributed by atoms with van der Waals surface area (Å²) >= 11 is 0. The van der Waals surface area contributed by atoms with Crippen LogP contribution in [-0.2, 0) is 6.42 Å². The summed E-state index contributed by atoms with van der Waals surface area (Å²) in [5.41, 5.74) is 0.871. The lowest BCUT2D eigenvalue weighted by Gasteiger charge is -2.08. The highest BCUT2D eigenvalue weighted by Gasteiger charge is 2.31. The molecule has 1 aromatic carbocycles. The van der Waals surface area contributed by atoms with Crippen molar-refractivity contribution in [3.8, 4) is 34.7 Å². The van der Waals surface area contributed by atoms with Crippen molar-refractivity contribution in [1.29, 1.82) is 5.26 Å². The van der Waals surface area contributed by atoms with Gasteiger partial charge in [0.05, 0.1) is 0 Å². The van der Waals surface area contributed by atoms with E-state index in [2.05, 4.69) is 25.1 Å². The molecule has 25 heavy (non-hydrogen) atoms. The number of halogens is 3. The van der Waals surface area contributed by atoms with Gasteiger partial charge < -0.3 is 9.15 Å². The Morgan fingerprint density at radius 1 is 1.28 bits per heavy atom. The molecule has 0 spiro atoms. The van der Waals surface area contributed by atoms with Crippen molar-refractivity contribution in [2.45, 2.75) is 19.7 Å². The monoisotopic (exact) mass is 349 g/mol. The Labute approximate surface area is 139 Å². The molecular formula is C15H10F3N5O2. The molecule has 2 aromatic heterocycles. The summed E-state index contributed by atoms with van der Waals surface area (Å²) in [6, 6.07) is 7.14. The van der Waals surface area contributed by atoms with Crippen molar-refractivity contribution in [2.75, 3.05) is 0 Å². The zero-order valence-electron chi connectivity index (χ0n) is 12.8. The molecule has 128 valence electrons. The zero-order chi connectivity index (χ0) is 18.0. The molecule has 3 aromatic rings. The molecule has 0 atom stereocenters. The second-order valence-electron chi connectivity index (χ2n) is 4.85. The Kier molecular flexibility index (Phi) is 4.14. The van der Waals surface area contributed by atoms with Gasteiger partial charge in [0.15, 0.2) is 11.4 Å². The van der Waals surface area contributed by atoms with Crippen LogP contribution < -0.4 is 4.74 Å². The van der Waals surface area contributed by atoms with Crippen LogP contribution in [-0.4, -0.2) is 26.8 Å². The molecule has 0 aliphatic rings. The molecule has 0 radical (unpaired) electrons. The molecule has 7 nitrogen and oxygen atoms in total. The van der Waals surface area contributed by atoms with Gasteiger partial charge in [0.1, 0.15) is 23.3 Å². The molecule has 2 heterocycles. The number of nitrogens with zero attached hydrogens (tertiary/aromatic N) is 4. The third-order valence-corrected chi connectivity index (χ3v) is 3.21. The molecule has 0 saturated heterocycles. The number of benzene rings is 1. The number of hydrogen-bond acceptors (Lipinski definition) is 6. The van der Waals surface area contributed by atoms with Gasteiger partial charge in [-0.2, -0.15) is 15.6 Å². The molecule has 3 rings (SSSR count). The first-order chi connectivity index (χ1) is 11.9. The van der Waals surface area contributed by atoms with Gasteiger partial charge in [0.2, 0.25) is 5.89 Å². The van der Waals surface area contributed by atoms with E-state index in [1.807, 2.05) is 13.0 Å². The quantitative estimate of drug-likeness (QED) is 0.774. The van der Waals surface area contributed by atoms with E-state index in [0.29, 0.717) is 23.4 Å². The van der Waals surface area contributed by atoms with Crippen molar-refractivity contribution in [3.05, 3.63) is 35.7 Å². The first kappa shape index (κ1) is 16.5. The molecule has 0 amide bonds. The van der Waals surface area contributed by atoms with Crippen molar-refractivity contribution in [1.82, 2.24) is 20.4 Å². The van der Waals surface area contributed by atoms with Crippen LogP contribution in [0.2, 0.25) is 0 Å². The summed E-state index contributed by atoms with van der Waals surface area (Å²) in [5, 5.41) is 19.0. The van der Waals surface area contributed by atoms with Crippen LogP contribution in [0.4, 0.5) is 13.2 Å². The summed E-state index contributed by atoms with van der Waals surface area (Å²) in [6.45, 7) is 1.81. The number of alkyl halides is 3. The smallest absolute Gasteiger partial charge is 0.440 e. The highest BCUT2D eigenvalue weighted by molar-refractivity contribution is 5.66. The second kappa shape index (κ2) is 6.27. The van der Waals surface area contributed by atoms with Gasteiger partial charge in [-0.05, 0) is 18.2 Å². The average Bonchev–Trinajstić information content (AvgIpc) is 3.19. The predicted molar refractivity (Wildman–Crippen MR) is 78.1 cm³/mol. The number of aryl methyl sites for hydroxylation is 1. The summed E-state index contributed by atoms with van der Waals surface area (Å²) in [4.78, 5) is 4.26. The maximum Gasteiger partial charge on any atom is 0.573 e. The van der Waals surface area contributed by atoms with Crippen molar-refractivity contribution in [2.24, 2.45) is 0 Å². The van der Waals surface area contributed by atoms with Gasteiger partial charge in [0, 0.05) is 12.0 Å². The average molecular weight is 349 g/mol. The molecule has 0 fully saturated rings. The number of hydrogen-bond donors (Lipinski definition) is 1. The number of oxazole rings is 1. The van der Waals surface area contributed by atoms with Crippen LogP contribution in [0, 0.1) is 11.3 Å². The minimum absolute atomic E-state index is 0.0451. The lowest BCUT2D eigenvalue weighted by molar-refractivity contribution is -0.274. The maximum atomic E-state index is 12.4. The van der Waals surface area contributed by atoms with E-state index in [0.717, 1.165) is 6.07 Å². The van der Waals surface area contributed by atoms with E-state index in [1.165, 1.54) is 18.2 Å². The topological polar surface area (TPSA) is 101 Å². The van der Waals surface area contributed by atoms with E-state index >= 15 is 0 Å². The number of rotatable bonds is 4. The predicted octanol–water partition coefficient (Wildman–Crippen LogP) is 3.46. The normalized spacial score (nSPS) is 11.3. The molecule has 1 N–H and O–H groups in total. The van der Waals surface area contributed by atoms with Crippen LogP contribution in [0.3, 0.4) is 0 Å². The van der Waals surface area contributed by atoms with Gasteiger partial charge in [-0.3, -0.25) is 0 Å². The molecule has 0 unspecified atom stereocenters. The first-order valence-electron chi connectivity index (χ1n) is 7.08. The van der Waals surface area contributed by atoms with Crippen LogP contribution in [0.5, 0.6) is 5.75 Å². The third-order valence-electron chi connectivity index (χ3n) is 3.21. The lowest BCUT2D eigenvalue weighted by Crippen LogP contribution is -2.17. The summed E-state index contributed by atoms with van der Waals surface area (Å²) in [7, 11) is 0. The second-order valence-corrected chi connectivity index (χ2v) is 4.85. The van der Waals surface area contributed by atoms with E-state index in [-0.39, 0.29) is 23.0 Å². The standard InChI is InChI=1S/C15H10F3N5O2/c1-2-11-13(12-10(7-19)21-23-22-12)20-14(24-11)8-4-3-5-9(6-8)25-15(16,17)18/h3-6H,2H2,1H3,(H,21,22,23). The van der Waals surface area contributed by atoms with Crippen LogP contribution >= 0.6 is 0 Å². The number of H-pyrrole nitrogens is 1. The Hall–Kier alpha value is -3.35. The Balaban J connectivity index is 2.02. The van der Waals surface area contributed by atoms with Crippen LogP contribution in [0.25, 0.3) is 22.8 Å². The number of aromatic nitrogens is 4. The van der Waals surface area contributed by atoms with Crippen LogP contribution in [0.15, 0.2) is 28.7 Å². The van der Waals surface area contributed by atoms with E-state index in [1.54, 1.807) is 0 Å². The van der Waals surface area contributed by atoms with Crippen molar-refractivity contribution < 1.29 is 22.3 Å². The first-order valence-corrected chi connectivity index (χ1v) is 7.08. The van der Waals surface area contributed by atoms with Crippen molar-refractivity contribution in [3.63, 3.8) is 0 Å². The number of nitrogens with one attached hydrogen (secondary N) is 1. The van der Waals surface area contributed by atoms with Gasteiger partial charge in [-0.25, -0.2) is 4.98 Å². The number of nitriles is 1. The van der Waals surface area contributed by atoms with E-state index in [9.17, 15) is 13.2 Å². The zero-order valence-corrected chi connectivity index (χ0v) is 12.8. The number of aromatic amines is 1.